The molecule has 0 radical (unpaired) electrons. The van der Waals surface area contributed by atoms with Crippen LogP contribution in [0.2, 0.25) is 0 Å². The second-order valence-corrected chi connectivity index (χ2v) is 6.95. The molecular formula is C17H35Cl2N3O2. The fourth-order valence-corrected chi connectivity index (χ4v) is 3.67. The molecule has 0 spiro atoms. The van der Waals surface area contributed by atoms with Crippen LogP contribution in [0, 0.1) is 5.41 Å². The second kappa shape index (κ2) is 13.2. The summed E-state index contributed by atoms with van der Waals surface area (Å²) in [4.78, 5) is 14.6. The molecule has 1 aliphatic heterocycles. The largest absolute Gasteiger partial charge is 0.379 e. The molecule has 144 valence electrons. The van der Waals surface area contributed by atoms with Crippen LogP contribution in [-0.2, 0) is 9.53 Å². The molecule has 0 aromatic heterocycles. The SMILES string of the molecule is Cl.Cl.NCC1(CC(=O)NCCCCN2CCOCC2)CCCCC1. The standard InChI is InChI=1S/C17H33N3O2.2ClH/c18-15-17(6-2-1-3-7-17)14-16(21)19-8-4-5-9-20-10-12-22-13-11-20;;/h1-15,18H2,(H,19,21);2*1H. The molecule has 1 aliphatic carbocycles. The highest BCUT2D eigenvalue weighted by Gasteiger charge is 2.32. The molecule has 2 fully saturated rings. The van der Waals surface area contributed by atoms with Crippen LogP contribution in [0.4, 0.5) is 0 Å². The smallest absolute Gasteiger partial charge is 0.220 e. The van der Waals surface area contributed by atoms with E-state index in [1.807, 2.05) is 0 Å². The van der Waals surface area contributed by atoms with Crippen LogP contribution < -0.4 is 11.1 Å². The molecule has 0 aromatic rings. The maximum absolute atomic E-state index is 12.1. The lowest BCUT2D eigenvalue weighted by Gasteiger charge is -2.35. The Morgan fingerprint density at radius 3 is 2.38 bits per heavy atom. The summed E-state index contributed by atoms with van der Waals surface area (Å²) < 4.78 is 5.34. The highest BCUT2D eigenvalue weighted by molar-refractivity contribution is 5.85. The van der Waals surface area contributed by atoms with E-state index < -0.39 is 0 Å². The molecule has 0 aromatic carbocycles. The molecule has 0 unspecified atom stereocenters. The van der Waals surface area contributed by atoms with Gasteiger partial charge in [0, 0.05) is 26.1 Å². The Kier molecular flexibility index (Phi) is 13.1. The Hall–Kier alpha value is -0.0700. The van der Waals surface area contributed by atoms with Gasteiger partial charge in [-0.2, -0.15) is 0 Å². The normalized spacial score (nSPS) is 20.5. The van der Waals surface area contributed by atoms with Gasteiger partial charge in [0.05, 0.1) is 13.2 Å². The minimum atomic E-state index is 0. The van der Waals surface area contributed by atoms with Crippen LogP contribution in [-0.4, -0.2) is 56.7 Å². The molecule has 24 heavy (non-hydrogen) atoms. The quantitative estimate of drug-likeness (QED) is 0.631. The lowest BCUT2D eigenvalue weighted by molar-refractivity contribution is -0.123. The van der Waals surface area contributed by atoms with Crippen molar-refractivity contribution in [3.63, 3.8) is 0 Å². The Labute approximate surface area is 159 Å². The van der Waals surface area contributed by atoms with Gasteiger partial charge in [-0.3, -0.25) is 9.69 Å². The number of amides is 1. The molecule has 1 saturated heterocycles. The molecule has 1 amide bonds. The average molecular weight is 384 g/mol. The number of halogens is 2. The van der Waals surface area contributed by atoms with E-state index in [0.717, 1.165) is 65.1 Å². The van der Waals surface area contributed by atoms with Gasteiger partial charge < -0.3 is 15.8 Å². The van der Waals surface area contributed by atoms with Crippen molar-refractivity contribution in [1.82, 2.24) is 10.2 Å². The lowest BCUT2D eigenvalue weighted by atomic mass is 9.71. The summed E-state index contributed by atoms with van der Waals surface area (Å²) in [5.74, 6) is 0.193. The number of nitrogens with two attached hydrogens (primary N) is 1. The predicted octanol–water partition coefficient (Wildman–Crippen LogP) is 2.36. The third-order valence-corrected chi connectivity index (χ3v) is 5.21. The number of hydrogen-bond acceptors (Lipinski definition) is 4. The van der Waals surface area contributed by atoms with Crippen molar-refractivity contribution in [2.75, 3.05) is 45.9 Å². The number of unbranched alkanes of at least 4 members (excludes halogenated alkanes) is 1. The molecule has 5 nitrogen and oxygen atoms in total. The summed E-state index contributed by atoms with van der Waals surface area (Å²) in [7, 11) is 0. The first-order valence-electron chi connectivity index (χ1n) is 9.01. The van der Waals surface area contributed by atoms with E-state index in [2.05, 4.69) is 10.2 Å². The molecule has 3 N–H and O–H groups in total. The highest BCUT2D eigenvalue weighted by Crippen LogP contribution is 2.38. The molecule has 1 heterocycles. The molecule has 0 bridgehead atoms. The van der Waals surface area contributed by atoms with Crippen LogP contribution >= 0.6 is 24.8 Å². The number of morpholine rings is 1. The van der Waals surface area contributed by atoms with Crippen LogP contribution in [0.25, 0.3) is 0 Å². The summed E-state index contributed by atoms with van der Waals surface area (Å²) in [5, 5.41) is 3.09. The summed E-state index contributed by atoms with van der Waals surface area (Å²) in [6.07, 6.45) is 8.80. The van der Waals surface area contributed by atoms with E-state index in [4.69, 9.17) is 10.5 Å². The van der Waals surface area contributed by atoms with Crippen molar-refractivity contribution < 1.29 is 9.53 Å². The van der Waals surface area contributed by atoms with Gasteiger partial charge in [0.1, 0.15) is 0 Å². The lowest BCUT2D eigenvalue weighted by Crippen LogP contribution is -2.39. The van der Waals surface area contributed by atoms with E-state index >= 15 is 0 Å². The summed E-state index contributed by atoms with van der Waals surface area (Å²) in [6, 6.07) is 0. The molecular weight excluding hydrogens is 349 g/mol. The van der Waals surface area contributed by atoms with Gasteiger partial charge in [0.25, 0.3) is 0 Å². The zero-order valence-corrected chi connectivity index (χ0v) is 16.4. The molecule has 0 atom stereocenters. The topological polar surface area (TPSA) is 67.6 Å². The third kappa shape index (κ3) is 8.34. The van der Waals surface area contributed by atoms with Crippen molar-refractivity contribution in [2.24, 2.45) is 11.1 Å². The van der Waals surface area contributed by atoms with Gasteiger partial charge in [0.2, 0.25) is 5.91 Å². The zero-order chi connectivity index (χ0) is 15.7. The number of hydrogen-bond donors (Lipinski definition) is 2. The number of ether oxygens (including phenoxy) is 1. The average Bonchev–Trinajstić information content (AvgIpc) is 2.56. The van der Waals surface area contributed by atoms with Crippen LogP contribution in [0.3, 0.4) is 0 Å². The van der Waals surface area contributed by atoms with E-state index in [-0.39, 0.29) is 36.1 Å². The first-order chi connectivity index (χ1) is 10.7. The van der Waals surface area contributed by atoms with Gasteiger partial charge in [-0.1, -0.05) is 19.3 Å². The summed E-state index contributed by atoms with van der Waals surface area (Å²) in [6.45, 7) is 6.37. The molecule has 7 heteroatoms. The number of nitrogens with one attached hydrogen (secondary N) is 1. The van der Waals surface area contributed by atoms with Crippen LogP contribution in [0.1, 0.15) is 51.4 Å². The van der Waals surface area contributed by atoms with Crippen molar-refractivity contribution in [1.29, 1.82) is 0 Å². The monoisotopic (exact) mass is 383 g/mol. The minimum absolute atomic E-state index is 0. The van der Waals surface area contributed by atoms with Gasteiger partial charge in [0.15, 0.2) is 0 Å². The van der Waals surface area contributed by atoms with Gasteiger partial charge >= 0.3 is 0 Å². The fraction of sp³-hybridized carbons (Fsp3) is 0.941. The van der Waals surface area contributed by atoms with E-state index in [1.54, 1.807) is 0 Å². The van der Waals surface area contributed by atoms with Gasteiger partial charge in [-0.05, 0) is 44.2 Å². The molecule has 1 saturated carbocycles. The highest BCUT2D eigenvalue weighted by atomic mass is 35.5. The van der Waals surface area contributed by atoms with Crippen LogP contribution in [0.15, 0.2) is 0 Å². The Morgan fingerprint density at radius 1 is 1.08 bits per heavy atom. The Balaban J connectivity index is 0.00000264. The van der Waals surface area contributed by atoms with Crippen molar-refractivity contribution in [3.8, 4) is 0 Å². The van der Waals surface area contributed by atoms with E-state index in [9.17, 15) is 4.79 Å². The van der Waals surface area contributed by atoms with Gasteiger partial charge in [-0.25, -0.2) is 0 Å². The Morgan fingerprint density at radius 2 is 1.75 bits per heavy atom. The van der Waals surface area contributed by atoms with Crippen LogP contribution in [0.5, 0.6) is 0 Å². The van der Waals surface area contributed by atoms with Crippen molar-refractivity contribution >= 4 is 30.7 Å². The molecule has 2 aliphatic rings. The Bertz CT molecular complexity index is 334. The first-order valence-corrected chi connectivity index (χ1v) is 9.01. The predicted molar refractivity (Wildman–Crippen MR) is 103 cm³/mol. The van der Waals surface area contributed by atoms with E-state index in [1.165, 1.54) is 19.3 Å². The zero-order valence-electron chi connectivity index (χ0n) is 14.8. The molecule has 2 rings (SSSR count). The van der Waals surface area contributed by atoms with Gasteiger partial charge in [-0.15, -0.1) is 24.8 Å². The maximum Gasteiger partial charge on any atom is 0.220 e. The fourth-order valence-electron chi connectivity index (χ4n) is 3.67. The first kappa shape index (κ1) is 23.9. The third-order valence-electron chi connectivity index (χ3n) is 5.21. The minimum Gasteiger partial charge on any atom is -0.379 e. The summed E-state index contributed by atoms with van der Waals surface area (Å²) in [5.41, 5.74) is 6.03. The number of carbonyl (C=O) groups is 1. The number of carbonyl (C=O) groups excluding carboxylic acids is 1. The maximum atomic E-state index is 12.1. The second-order valence-electron chi connectivity index (χ2n) is 6.95. The number of nitrogens with zero attached hydrogens (tertiary/aromatic N) is 1. The van der Waals surface area contributed by atoms with E-state index in [0.29, 0.717) is 13.0 Å². The van der Waals surface area contributed by atoms with Crippen molar-refractivity contribution in [2.45, 2.75) is 51.4 Å². The van der Waals surface area contributed by atoms with Crippen molar-refractivity contribution in [3.05, 3.63) is 0 Å². The summed E-state index contributed by atoms with van der Waals surface area (Å²) >= 11 is 0. The number of rotatable bonds is 8.